The predicted molar refractivity (Wildman–Crippen MR) is 65.0 cm³/mol. The maximum Gasteiger partial charge on any atom is 0.156 e. The van der Waals surface area contributed by atoms with Gasteiger partial charge >= 0.3 is 0 Å². The third-order valence-electron chi connectivity index (χ3n) is 2.15. The van der Waals surface area contributed by atoms with E-state index in [2.05, 4.69) is 22.1 Å². The third-order valence-corrected chi connectivity index (χ3v) is 2.15. The maximum atomic E-state index is 4.10. The van der Waals surface area contributed by atoms with Gasteiger partial charge in [-0.2, -0.15) is 5.10 Å². The molecule has 0 saturated heterocycles. The molecule has 80 valence electrons. The van der Waals surface area contributed by atoms with Gasteiger partial charge in [-0.25, -0.2) is 0 Å². The molecule has 15 heavy (non-hydrogen) atoms. The predicted octanol–water partition coefficient (Wildman–Crippen LogP) is 0.984. The molecule has 0 unspecified atom stereocenters. The van der Waals surface area contributed by atoms with Crippen molar-refractivity contribution in [3.05, 3.63) is 28.3 Å². The van der Waals surface area contributed by atoms with Gasteiger partial charge < -0.3 is 5.32 Å². The highest BCUT2D eigenvalue weighted by molar-refractivity contribution is 5.52. The van der Waals surface area contributed by atoms with E-state index in [0.717, 1.165) is 27.5 Å². The van der Waals surface area contributed by atoms with Gasteiger partial charge in [-0.05, 0) is 26.8 Å². The monoisotopic (exact) mass is 203 g/mol. The molecule has 1 heterocycles. The van der Waals surface area contributed by atoms with E-state index >= 15 is 0 Å². The average molecular weight is 203 g/mol. The normalized spacial score (nSPS) is 13.1. The number of hydrogen-bond donors (Lipinski definition) is 1. The maximum absolute atomic E-state index is 4.10. The number of allylic oxidation sites excluding steroid dienone is 1. The van der Waals surface area contributed by atoms with Crippen LogP contribution in [0.2, 0.25) is 0 Å². The molecular weight excluding hydrogens is 186 g/mol. The van der Waals surface area contributed by atoms with Gasteiger partial charge in [0.05, 0.1) is 5.69 Å². The first kappa shape index (κ1) is 11.4. The molecule has 0 amide bonds. The lowest BCUT2D eigenvalue weighted by atomic mass is 10.2. The minimum Gasteiger partial charge on any atom is -0.371 e. The minimum absolute atomic E-state index is 0.789. The van der Waals surface area contributed by atoms with Crippen molar-refractivity contribution in [2.24, 2.45) is 0 Å². The molecule has 3 nitrogen and oxygen atoms in total. The Hall–Kier alpha value is -1.64. The summed E-state index contributed by atoms with van der Waals surface area (Å²) < 4.78 is 0. The lowest BCUT2D eigenvalue weighted by molar-refractivity contribution is 0.957. The molecule has 1 aromatic heterocycles. The second kappa shape index (κ2) is 4.73. The van der Waals surface area contributed by atoms with E-state index in [4.69, 9.17) is 0 Å². The van der Waals surface area contributed by atoms with Crippen LogP contribution in [-0.2, 0) is 0 Å². The van der Waals surface area contributed by atoms with E-state index in [9.17, 15) is 0 Å². The second-order valence-corrected chi connectivity index (χ2v) is 3.49. The first-order valence-corrected chi connectivity index (χ1v) is 4.94. The van der Waals surface area contributed by atoms with E-state index < -0.39 is 0 Å². The van der Waals surface area contributed by atoms with E-state index in [1.807, 2.05) is 40.0 Å². The smallest absolute Gasteiger partial charge is 0.156 e. The summed E-state index contributed by atoms with van der Waals surface area (Å²) in [7, 11) is 1.84. The summed E-state index contributed by atoms with van der Waals surface area (Å²) in [6, 6.07) is 0. The fourth-order valence-electron chi connectivity index (χ4n) is 1.50. The van der Waals surface area contributed by atoms with Gasteiger partial charge in [-0.15, -0.1) is 5.10 Å². The van der Waals surface area contributed by atoms with Crippen LogP contribution in [0.1, 0.15) is 19.5 Å². The Morgan fingerprint density at radius 2 is 2.00 bits per heavy atom. The highest BCUT2D eigenvalue weighted by Gasteiger charge is 1.99. The Kier molecular flexibility index (Phi) is 3.61. The van der Waals surface area contributed by atoms with Crippen molar-refractivity contribution in [2.45, 2.75) is 20.8 Å². The van der Waals surface area contributed by atoms with Crippen LogP contribution in [0.15, 0.2) is 12.2 Å². The zero-order valence-electron chi connectivity index (χ0n) is 9.76. The number of aromatic nitrogens is 2. The van der Waals surface area contributed by atoms with Gasteiger partial charge in [-0.1, -0.05) is 18.2 Å². The molecule has 0 radical (unpaired) electrons. The molecule has 0 aromatic carbocycles. The van der Waals surface area contributed by atoms with Crippen molar-refractivity contribution < 1.29 is 0 Å². The van der Waals surface area contributed by atoms with Crippen LogP contribution < -0.4 is 15.8 Å². The summed E-state index contributed by atoms with van der Waals surface area (Å²) in [6.07, 6.45) is 4.06. The number of nitrogens with one attached hydrogen (secondary N) is 1. The summed E-state index contributed by atoms with van der Waals surface area (Å²) >= 11 is 0. The summed E-state index contributed by atoms with van der Waals surface area (Å²) in [5.41, 5.74) is 1.94. The first-order valence-electron chi connectivity index (χ1n) is 4.94. The number of aryl methyl sites for hydroxylation is 1. The van der Waals surface area contributed by atoms with Crippen LogP contribution in [0.4, 0.5) is 5.82 Å². The Morgan fingerprint density at radius 3 is 2.47 bits per heavy atom. The Bertz CT molecular complexity index is 486. The Labute approximate surface area is 90.2 Å². The largest absolute Gasteiger partial charge is 0.371 e. The minimum atomic E-state index is 0.789. The molecular formula is C12H17N3. The molecule has 1 rings (SSSR count). The highest BCUT2D eigenvalue weighted by atomic mass is 15.2. The average Bonchev–Trinajstić information content (AvgIpc) is 2.18. The van der Waals surface area contributed by atoms with Gasteiger partial charge in [0.2, 0.25) is 0 Å². The number of anilines is 1. The first-order chi connectivity index (χ1) is 7.10. The third kappa shape index (κ3) is 2.43. The summed E-state index contributed by atoms with van der Waals surface area (Å²) in [6.45, 7) is 9.81. The molecule has 0 atom stereocenters. The van der Waals surface area contributed by atoms with Crippen LogP contribution in [-0.4, -0.2) is 17.2 Å². The zero-order valence-corrected chi connectivity index (χ0v) is 9.76. The topological polar surface area (TPSA) is 37.8 Å². The lowest BCUT2D eigenvalue weighted by Crippen LogP contribution is -2.32. The highest BCUT2D eigenvalue weighted by Crippen LogP contribution is 1.92. The van der Waals surface area contributed by atoms with Gasteiger partial charge in [0.25, 0.3) is 0 Å². The standard InChI is InChI=1S/C12H17N3/c1-6-10-9(4)14-15-12(13-5)11(10)7-8(2)3/h6-7H,2H2,1,3-5H3,(H,13,15)/b10-6-,11-7+. The van der Waals surface area contributed by atoms with Gasteiger partial charge in [0, 0.05) is 17.5 Å². The molecule has 1 aromatic rings. The molecule has 0 bridgehead atoms. The number of rotatable bonds is 2. The van der Waals surface area contributed by atoms with Crippen molar-refractivity contribution in [1.82, 2.24) is 10.2 Å². The second-order valence-electron chi connectivity index (χ2n) is 3.49. The Morgan fingerprint density at radius 1 is 1.33 bits per heavy atom. The zero-order chi connectivity index (χ0) is 11.4. The summed E-state index contributed by atoms with van der Waals surface area (Å²) in [5.74, 6) is 0.789. The van der Waals surface area contributed by atoms with E-state index in [1.165, 1.54) is 0 Å². The van der Waals surface area contributed by atoms with Gasteiger partial charge in [0.1, 0.15) is 0 Å². The van der Waals surface area contributed by atoms with Crippen LogP contribution in [0.5, 0.6) is 0 Å². The van der Waals surface area contributed by atoms with Crippen LogP contribution in [0.25, 0.3) is 12.2 Å². The van der Waals surface area contributed by atoms with Crippen molar-refractivity contribution in [2.75, 3.05) is 12.4 Å². The van der Waals surface area contributed by atoms with E-state index in [1.54, 1.807) is 0 Å². The van der Waals surface area contributed by atoms with Crippen molar-refractivity contribution in [1.29, 1.82) is 0 Å². The summed E-state index contributed by atoms with van der Waals surface area (Å²) in [4.78, 5) is 0. The SMILES string of the molecule is C=C(C)/C=c1/c(NC)nnc(C)/c1=C/C. The fraction of sp³-hybridized carbons (Fsp3) is 0.333. The van der Waals surface area contributed by atoms with Crippen LogP contribution >= 0.6 is 0 Å². The van der Waals surface area contributed by atoms with Crippen LogP contribution in [0, 0.1) is 6.92 Å². The molecule has 0 spiro atoms. The molecule has 1 N–H and O–H groups in total. The molecule has 0 aliphatic carbocycles. The molecule has 0 fully saturated rings. The molecule has 0 saturated carbocycles. The van der Waals surface area contributed by atoms with E-state index in [-0.39, 0.29) is 0 Å². The van der Waals surface area contributed by atoms with E-state index in [0.29, 0.717) is 0 Å². The van der Waals surface area contributed by atoms with Gasteiger partial charge in [0.15, 0.2) is 5.82 Å². The molecule has 0 aliphatic rings. The quantitative estimate of drug-likeness (QED) is 0.778. The number of hydrogen-bond acceptors (Lipinski definition) is 3. The van der Waals surface area contributed by atoms with Crippen molar-refractivity contribution in [3.63, 3.8) is 0 Å². The van der Waals surface area contributed by atoms with Gasteiger partial charge in [-0.3, -0.25) is 0 Å². The molecule has 0 aliphatic heterocycles. The van der Waals surface area contributed by atoms with Crippen molar-refractivity contribution >= 4 is 18.0 Å². The number of nitrogens with zero attached hydrogens (tertiary/aromatic N) is 2. The Balaban J connectivity index is 3.72. The lowest BCUT2D eigenvalue weighted by Gasteiger charge is -2.02. The molecule has 3 heteroatoms. The van der Waals surface area contributed by atoms with Crippen LogP contribution in [0.3, 0.4) is 0 Å². The van der Waals surface area contributed by atoms with Crippen molar-refractivity contribution in [3.8, 4) is 0 Å². The fourth-order valence-corrected chi connectivity index (χ4v) is 1.50. The summed E-state index contributed by atoms with van der Waals surface area (Å²) in [5, 5.41) is 13.4.